The summed E-state index contributed by atoms with van der Waals surface area (Å²) in [6, 6.07) is 0.610. The molecule has 0 aliphatic heterocycles. The zero-order valence-corrected chi connectivity index (χ0v) is 12.2. The molecule has 2 rings (SSSR count). The van der Waals surface area contributed by atoms with Crippen molar-refractivity contribution in [3.05, 3.63) is 16.9 Å². The minimum absolute atomic E-state index is 0.610. The molecule has 0 N–H and O–H groups in total. The maximum atomic E-state index is 4.36. The van der Waals surface area contributed by atoms with Crippen molar-refractivity contribution >= 4 is 21.9 Å². The van der Waals surface area contributed by atoms with Gasteiger partial charge in [-0.25, -0.2) is 9.97 Å². The third-order valence-corrected chi connectivity index (χ3v) is 4.27. The lowest BCUT2D eigenvalue weighted by Gasteiger charge is -2.34. The van der Waals surface area contributed by atoms with Crippen molar-refractivity contribution in [2.75, 3.05) is 11.9 Å². The number of hydrogen-bond donors (Lipinski definition) is 0. The van der Waals surface area contributed by atoms with Gasteiger partial charge in [0.2, 0.25) is 5.95 Å². The quantitative estimate of drug-likeness (QED) is 0.853. The number of hydrogen-bond acceptors (Lipinski definition) is 3. The molecule has 0 unspecified atom stereocenters. The summed E-state index contributed by atoms with van der Waals surface area (Å²) in [6.07, 6.45) is 10.2. The Hall–Kier alpha value is -0.640. The van der Waals surface area contributed by atoms with Gasteiger partial charge in [0.1, 0.15) is 0 Å². The molecule has 1 aromatic heterocycles. The summed E-state index contributed by atoms with van der Waals surface area (Å²) in [5, 5.41) is 0. The van der Waals surface area contributed by atoms with Crippen LogP contribution in [0.15, 0.2) is 16.9 Å². The van der Waals surface area contributed by atoms with Crippen LogP contribution in [0.5, 0.6) is 0 Å². The lowest BCUT2D eigenvalue weighted by molar-refractivity contribution is 0.312. The zero-order chi connectivity index (χ0) is 12.3. The van der Waals surface area contributed by atoms with Gasteiger partial charge in [-0.2, -0.15) is 0 Å². The minimum Gasteiger partial charge on any atom is -0.341 e. The average molecular weight is 298 g/mol. The fourth-order valence-corrected chi connectivity index (χ4v) is 2.80. The Morgan fingerprint density at radius 1 is 1.24 bits per heavy atom. The summed E-state index contributed by atoms with van der Waals surface area (Å²) in [6.45, 7) is 2.30. The summed E-state index contributed by atoms with van der Waals surface area (Å²) in [5.74, 6) is 1.78. The van der Waals surface area contributed by atoms with Gasteiger partial charge < -0.3 is 4.90 Å². The van der Waals surface area contributed by atoms with Crippen molar-refractivity contribution in [1.29, 1.82) is 0 Å². The van der Waals surface area contributed by atoms with Gasteiger partial charge >= 0.3 is 0 Å². The van der Waals surface area contributed by atoms with Crippen LogP contribution in [0.2, 0.25) is 0 Å². The van der Waals surface area contributed by atoms with Crippen LogP contribution in [-0.4, -0.2) is 23.1 Å². The van der Waals surface area contributed by atoms with E-state index in [1.54, 1.807) is 0 Å². The Morgan fingerprint density at radius 2 is 1.82 bits per heavy atom. The monoisotopic (exact) mass is 297 g/mol. The number of anilines is 1. The largest absolute Gasteiger partial charge is 0.341 e. The Bertz CT molecular complexity index is 344. The predicted octanol–water partition coefficient (Wildman–Crippen LogP) is 3.64. The predicted molar refractivity (Wildman–Crippen MR) is 74.2 cm³/mol. The zero-order valence-electron chi connectivity index (χ0n) is 10.6. The third-order valence-electron chi connectivity index (χ3n) is 3.86. The highest BCUT2D eigenvalue weighted by molar-refractivity contribution is 9.10. The van der Waals surface area contributed by atoms with Crippen molar-refractivity contribution in [2.45, 2.75) is 45.1 Å². The van der Waals surface area contributed by atoms with Gasteiger partial charge in [0.05, 0.1) is 4.47 Å². The lowest BCUT2D eigenvalue weighted by atomic mass is 9.84. The summed E-state index contributed by atoms with van der Waals surface area (Å²) in [4.78, 5) is 11.0. The summed E-state index contributed by atoms with van der Waals surface area (Å²) >= 11 is 3.36. The molecule has 0 aromatic carbocycles. The molecule has 0 radical (unpaired) electrons. The molecule has 1 aliphatic carbocycles. The normalized spacial score (nSPS) is 24.6. The van der Waals surface area contributed by atoms with Crippen LogP contribution in [0.1, 0.15) is 39.0 Å². The van der Waals surface area contributed by atoms with E-state index in [0.29, 0.717) is 6.04 Å². The second kappa shape index (κ2) is 5.80. The Morgan fingerprint density at radius 3 is 2.35 bits per heavy atom. The van der Waals surface area contributed by atoms with E-state index in [1.807, 2.05) is 12.4 Å². The van der Waals surface area contributed by atoms with Crippen LogP contribution in [0.4, 0.5) is 5.95 Å². The highest BCUT2D eigenvalue weighted by atomic mass is 79.9. The van der Waals surface area contributed by atoms with Gasteiger partial charge in [0, 0.05) is 25.5 Å². The highest BCUT2D eigenvalue weighted by Gasteiger charge is 2.24. The SMILES string of the molecule is CCC1CCC(N(C)c2ncc(Br)cn2)CC1. The fourth-order valence-electron chi connectivity index (χ4n) is 2.59. The molecule has 3 nitrogen and oxygen atoms in total. The van der Waals surface area contributed by atoms with E-state index in [-0.39, 0.29) is 0 Å². The highest BCUT2D eigenvalue weighted by Crippen LogP contribution is 2.30. The molecule has 4 heteroatoms. The van der Waals surface area contributed by atoms with E-state index in [0.717, 1.165) is 16.3 Å². The molecule has 1 aliphatic rings. The molecular weight excluding hydrogens is 278 g/mol. The van der Waals surface area contributed by atoms with Crippen LogP contribution < -0.4 is 4.90 Å². The van der Waals surface area contributed by atoms with E-state index >= 15 is 0 Å². The van der Waals surface area contributed by atoms with Crippen LogP contribution in [0.3, 0.4) is 0 Å². The van der Waals surface area contributed by atoms with Crippen molar-refractivity contribution in [3.63, 3.8) is 0 Å². The topological polar surface area (TPSA) is 29.0 Å². The number of nitrogens with zero attached hydrogens (tertiary/aromatic N) is 3. The first kappa shape index (κ1) is 12.8. The number of rotatable bonds is 3. The molecule has 1 saturated carbocycles. The second-order valence-corrected chi connectivity index (χ2v) is 5.81. The van der Waals surface area contributed by atoms with Gasteiger partial charge in [0.15, 0.2) is 0 Å². The standard InChI is InChI=1S/C13H20BrN3/c1-3-10-4-6-12(7-5-10)17(2)13-15-8-11(14)9-16-13/h8-10,12H,3-7H2,1-2H3. The average Bonchev–Trinajstić information content (AvgIpc) is 2.39. The molecule has 0 bridgehead atoms. The van der Waals surface area contributed by atoms with Gasteiger partial charge in [-0.1, -0.05) is 13.3 Å². The van der Waals surface area contributed by atoms with E-state index in [9.17, 15) is 0 Å². The van der Waals surface area contributed by atoms with Crippen LogP contribution in [0.25, 0.3) is 0 Å². The van der Waals surface area contributed by atoms with E-state index in [2.05, 4.69) is 44.8 Å². The van der Waals surface area contributed by atoms with Crippen molar-refractivity contribution in [1.82, 2.24) is 9.97 Å². The van der Waals surface area contributed by atoms with Crippen LogP contribution in [0, 0.1) is 5.92 Å². The van der Waals surface area contributed by atoms with Gasteiger partial charge in [0.25, 0.3) is 0 Å². The summed E-state index contributed by atoms with van der Waals surface area (Å²) < 4.78 is 0.935. The first-order chi connectivity index (χ1) is 8.20. The molecule has 0 amide bonds. The Labute approximate surface area is 112 Å². The van der Waals surface area contributed by atoms with Crippen LogP contribution >= 0.6 is 15.9 Å². The summed E-state index contributed by atoms with van der Waals surface area (Å²) in [7, 11) is 2.11. The molecule has 1 heterocycles. The van der Waals surface area contributed by atoms with Gasteiger partial charge in [-0.15, -0.1) is 0 Å². The summed E-state index contributed by atoms with van der Waals surface area (Å²) in [5.41, 5.74) is 0. The lowest BCUT2D eigenvalue weighted by Crippen LogP contribution is -2.36. The molecule has 0 atom stereocenters. The Balaban J connectivity index is 1.96. The molecule has 1 aromatic rings. The minimum atomic E-state index is 0.610. The number of aromatic nitrogens is 2. The molecule has 0 spiro atoms. The maximum absolute atomic E-state index is 4.36. The molecular formula is C13H20BrN3. The van der Waals surface area contributed by atoms with Crippen LogP contribution in [-0.2, 0) is 0 Å². The fraction of sp³-hybridized carbons (Fsp3) is 0.692. The first-order valence-electron chi connectivity index (χ1n) is 6.41. The van der Waals surface area contributed by atoms with E-state index in [4.69, 9.17) is 0 Å². The maximum Gasteiger partial charge on any atom is 0.225 e. The van der Waals surface area contributed by atoms with Crippen molar-refractivity contribution in [2.24, 2.45) is 5.92 Å². The number of halogens is 1. The second-order valence-electron chi connectivity index (χ2n) is 4.89. The van der Waals surface area contributed by atoms with Crippen molar-refractivity contribution < 1.29 is 0 Å². The van der Waals surface area contributed by atoms with E-state index in [1.165, 1.54) is 32.1 Å². The molecule has 17 heavy (non-hydrogen) atoms. The first-order valence-corrected chi connectivity index (χ1v) is 7.20. The Kier molecular flexibility index (Phi) is 4.37. The third kappa shape index (κ3) is 3.18. The molecule has 1 fully saturated rings. The van der Waals surface area contributed by atoms with E-state index < -0.39 is 0 Å². The van der Waals surface area contributed by atoms with Gasteiger partial charge in [-0.05, 0) is 47.5 Å². The smallest absolute Gasteiger partial charge is 0.225 e. The van der Waals surface area contributed by atoms with Crippen molar-refractivity contribution in [3.8, 4) is 0 Å². The molecule has 94 valence electrons. The molecule has 0 saturated heterocycles. The van der Waals surface area contributed by atoms with Gasteiger partial charge in [-0.3, -0.25) is 0 Å².